The molecule has 0 bridgehead atoms. The van der Waals surface area contributed by atoms with Crippen LogP contribution in [0.5, 0.6) is 0 Å². The number of carbonyl (C=O) groups excluding carboxylic acids is 1. The number of nitrogens with zero attached hydrogens (tertiary/aromatic N) is 1. The fourth-order valence-corrected chi connectivity index (χ4v) is 1.86. The van der Waals surface area contributed by atoms with Gasteiger partial charge in [-0.2, -0.15) is 0 Å². The van der Waals surface area contributed by atoms with E-state index in [0.29, 0.717) is 12.0 Å². The highest BCUT2D eigenvalue weighted by molar-refractivity contribution is 6.02. The number of pyridine rings is 1. The fraction of sp³-hybridized carbons (Fsp3) is 0.286. The molecule has 0 aliphatic rings. The zero-order valence-electron chi connectivity index (χ0n) is 10.0. The lowest BCUT2D eigenvalue weighted by Gasteiger charge is -2.11. The van der Waals surface area contributed by atoms with Gasteiger partial charge < -0.3 is 4.74 Å². The number of Topliss-reactive ketones (excluding diaryl/α,β-unsaturated/α-hetero) is 1. The van der Waals surface area contributed by atoms with Crippen LogP contribution < -0.4 is 0 Å². The standard InChI is InChI=1S/C14H15NO2/c1-3-13(17-2)14(16)11-7-6-10-5-4-8-15-12(10)9-11/h4-9,13H,3H2,1-2H3. The molecular formula is C14H15NO2. The summed E-state index contributed by atoms with van der Waals surface area (Å²) < 4.78 is 5.16. The van der Waals surface area contributed by atoms with E-state index in [4.69, 9.17) is 4.74 Å². The van der Waals surface area contributed by atoms with Gasteiger partial charge in [-0.3, -0.25) is 9.78 Å². The first-order valence-corrected chi connectivity index (χ1v) is 5.68. The van der Waals surface area contributed by atoms with Gasteiger partial charge in [-0.15, -0.1) is 0 Å². The molecule has 0 amide bonds. The van der Waals surface area contributed by atoms with E-state index in [2.05, 4.69) is 4.98 Å². The second-order valence-electron chi connectivity index (χ2n) is 3.91. The number of methoxy groups -OCH3 is 1. The third-order valence-corrected chi connectivity index (χ3v) is 2.84. The van der Waals surface area contributed by atoms with Crippen molar-refractivity contribution in [1.29, 1.82) is 0 Å². The van der Waals surface area contributed by atoms with Gasteiger partial charge in [-0.25, -0.2) is 0 Å². The summed E-state index contributed by atoms with van der Waals surface area (Å²) in [5.74, 6) is 0.0163. The normalized spacial score (nSPS) is 12.6. The van der Waals surface area contributed by atoms with Crippen molar-refractivity contribution >= 4 is 16.7 Å². The summed E-state index contributed by atoms with van der Waals surface area (Å²) in [5.41, 5.74) is 1.49. The Bertz CT molecular complexity index is 532. The molecule has 0 fully saturated rings. The molecule has 1 atom stereocenters. The van der Waals surface area contributed by atoms with Crippen LogP contribution in [-0.2, 0) is 4.74 Å². The lowest BCUT2D eigenvalue weighted by atomic mass is 10.0. The molecule has 1 aromatic heterocycles. The van der Waals surface area contributed by atoms with Crippen LogP contribution in [0.4, 0.5) is 0 Å². The van der Waals surface area contributed by atoms with Gasteiger partial charge in [0.25, 0.3) is 0 Å². The molecule has 0 N–H and O–H groups in total. The predicted octanol–water partition coefficient (Wildman–Crippen LogP) is 2.84. The molecule has 1 heterocycles. The summed E-state index contributed by atoms with van der Waals surface area (Å²) in [5, 5.41) is 1.04. The minimum Gasteiger partial charge on any atom is -0.373 e. The molecule has 0 saturated carbocycles. The molecule has 17 heavy (non-hydrogen) atoms. The Morgan fingerprint density at radius 3 is 2.94 bits per heavy atom. The SMILES string of the molecule is CCC(OC)C(=O)c1ccc2cccnc2c1. The quantitative estimate of drug-likeness (QED) is 0.757. The second-order valence-corrected chi connectivity index (χ2v) is 3.91. The Hall–Kier alpha value is -1.74. The summed E-state index contributed by atoms with van der Waals surface area (Å²) >= 11 is 0. The first-order valence-electron chi connectivity index (χ1n) is 5.68. The molecule has 0 radical (unpaired) electrons. The lowest BCUT2D eigenvalue weighted by Crippen LogP contribution is -2.22. The van der Waals surface area contributed by atoms with E-state index in [0.717, 1.165) is 10.9 Å². The zero-order valence-corrected chi connectivity index (χ0v) is 10.0. The van der Waals surface area contributed by atoms with Gasteiger partial charge in [0.1, 0.15) is 6.10 Å². The van der Waals surface area contributed by atoms with Crippen LogP contribution in [0.1, 0.15) is 23.7 Å². The maximum absolute atomic E-state index is 12.1. The van der Waals surface area contributed by atoms with E-state index >= 15 is 0 Å². The number of carbonyl (C=O) groups is 1. The minimum atomic E-state index is -0.365. The van der Waals surface area contributed by atoms with E-state index < -0.39 is 0 Å². The van der Waals surface area contributed by atoms with Crippen LogP contribution in [0.3, 0.4) is 0 Å². The lowest BCUT2D eigenvalue weighted by molar-refractivity contribution is 0.0596. The van der Waals surface area contributed by atoms with Crippen molar-refractivity contribution in [3.05, 3.63) is 42.1 Å². The van der Waals surface area contributed by atoms with Gasteiger partial charge in [0.15, 0.2) is 5.78 Å². The monoisotopic (exact) mass is 229 g/mol. The van der Waals surface area contributed by atoms with Crippen molar-refractivity contribution in [3.63, 3.8) is 0 Å². The van der Waals surface area contributed by atoms with Crippen LogP contribution in [0.2, 0.25) is 0 Å². The second kappa shape index (κ2) is 5.06. The van der Waals surface area contributed by atoms with E-state index in [1.807, 2.05) is 37.3 Å². The Morgan fingerprint density at radius 1 is 1.41 bits per heavy atom. The average molecular weight is 229 g/mol. The highest BCUT2D eigenvalue weighted by atomic mass is 16.5. The number of hydrogen-bond acceptors (Lipinski definition) is 3. The number of benzene rings is 1. The summed E-state index contributed by atoms with van der Waals surface area (Å²) in [6.07, 6.45) is 2.04. The van der Waals surface area contributed by atoms with Crippen molar-refractivity contribution in [2.45, 2.75) is 19.4 Å². The van der Waals surface area contributed by atoms with Crippen molar-refractivity contribution in [1.82, 2.24) is 4.98 Å². The summed E-state index contributed by atoms with van der Waals surface area (Å²) in [6, 6.07) is 9.42. The molecule has 0 saturated heterocycles. The van der Waals surface area contributed by atoms with Gasteiger partial charge in [-0.1, -0.05) is 25.1 Å². The average Bonchev–Trinajstić information content (AvgIpc) is 2.39. The maximum atomic E-state index is 12.1. The third-order valence-electron chi connectivity index (χ3n) is 2.84. The zero-order chi connectivity index (χ0) is 12.3. The van der Waals surface area contributed by atoms with Gasteiger partial charge in [0.2, 0.25) is 0 Å². The number of ether oxygens (including phenoxy) is 1. The molecule has 88 valence electrons. The minimum absolute atomic E-state index is 0.0163. The van der Waals surface area contributed by atoms with Crippen LogP contribution in [0.15, 0.2) is 36.5 Å². The highest BCUT2D eigenvalue weighted by Gasteiger charge is 2.17. The molecule has 3 heteroatoms. The van der Waals surface area contributed by atoms with Crippen LogP contribution >= 0.6 is 0 Å². The maximum Gasteiger partial charge on any atom is 0.191 e. The summed E-state index contributed by atoms with van der Waals surface area (Å²) in [7, 11) is 1.56. The Morgan fingerprint density at radius 2 is 2.24 bits per heavy atom. The van der Waals surface area contributed by atoms with E-state index in [-0.39, 0.29) is 11.9 Å². The number of hydrogen-bond donors (Lipinski definition) is 0. The van der Waals surface area contributed by atoms with Gasteiger partial charge in [0, 0.05) is 24.3 Å². The van der Waals surface area contributed by atoms with E-state index in [1.165, 1.54) is 0 Å². The van der Waals surface area contributed by atoms with Crippen molar-refractivity contribution in [2.24, 2.45) is 0 Å². The van der Waals surface area contributed by atoms with Crippen LogP contribution in [0.25, 0.3) is 10.9 Å². The van der Waals surface area contributed by atoms with Crippen molar-refractivity contribution in [3.8, 4) is 0 Å². The Labute approximate surface area is 100 Å². The molecular weight excluding hydrogens is 214 g/mol. The largest absolute Gasteiger partial charge is 0.373 e. The first-order chi connectivity index (χ1) is 8.26. The molecule has 2 rings (SSSR count). The molecule has 3 nitrogen and oxygen atoms in total. The van der Waals surface area contributed by atoms with Gasteiger partial charge in [-0.05, 0) is 18.6 Å². The molecule has 0 spiro atoms. The van der Waals surface area contributed by atoms with Crippen molar-refractivity contribution < 1.29 is 9.53 Å². The number of ketones is 1. The predicted molar refractivity (Wildman–Crippen MR) is 67.2 cm³/mol. The van der Waals surface area contributed by atoms with E-state index in [9.17, 15) is 4.79 Å². The fourth-order valence-electron chi connectivity index (χ4n) is 1.86. The van der Waals surface area contributed by atoms with Gasteiger partial charge >= 0.3 is 0 Å². The molecule has 1 aromatic carbocycles. The summed E-state index contributed by atoms with van der Waals surface area (Å²) in [4.78, 5) is 16.3. The summed E-state index contributed by atoms with van der Waals surface area (Å²) in [6.45, 7) is 1.94. The Kier molecular flexibility index (Phi) is 3.49. The Balaban J connectivity index is 2.39. The molecule has 2 aromatic rings. The number of aromatic nitrogens is 1. The van der Waals surface area contributed by atoms with Crippen molar-refractivity contribution in [2.75, 3.05) is 7.11 Å². The third kappa shape index (κ3) is 2.34. The molecule has 1 unspecified atom stereocenters. The first kappa shape index (κ1) is 11.7. The van der Waals surface area contributed by atoms with Crippen LogP contribution in [0, 0.1) is 0 Å². The molecule has 0 aliphatic carbocycles. The van der Waals surface area contributed by atoms with E-state index in [1.54, 1.807) is 13.3 Å². The number of rotatable bonds is 4. The number of fused-ring (bicyclic) bond motifs is 1. The van der Waals surface area contributed by atoms with Crippen LogP contribution in [-0.4, -0.2) is 24.0 Å². The molecule has 0 aliphatic heterocycles. The smallest absolute Gasteiger partial charge is 0.191 e. The topological polar surface area (TPSA) is 39.2 Å². The van der Waals surface area contributed by atoms with Gasteiger partial charge in [0.05, 0.1) is 5.52 Å². The highest BCUT2D eigenvalue weighted by Crippen LogP contribution is 2.16.